The molecule has 4 nitrogen and oxygen atoms in total. The maximum Gasteiger partial charge on any atom is 0.202 e. The van der Waals surface area contributed by atoms with Crippen LogP contribution in [0.5, 0.6) is 5.75 Å². The van der Waals surface area contributed by atoms with Gasteiger partial charge in [-0.05, 0) is 24.0 Å². The zero-order valence-corrected chi connectivity index (χ0v) is 13.3. The van der Waals surface area contributed by atoms with Gasteiger partial charge in [-0.25, -0.2) is 4.98 Å². The zero-order chi connectivity index (χ0) is 14.6. The number of aromatic nitrogens is 2. The number of aryl methyl sites for hydroxylation is 1. The van der Waals surface area contributed by atoms with Crippen LogP contribution in [0.3, 0.4) is 0 Å². The fourth-order valence-electron chi connectivity index (χ4n) is 1.90. The Morgan fingerprint density at radius 3 is 2.65 bits per heavy atom. The quantitative estimate of drug-likeness (QED) is 0.854. The Morgan fingerprint density at radius 1 is 1.25 bits per heavy atom. The van der Waals surface area contributed by atoms with E-state index in [1.807, 2.05) is 19.1 Å². The van der Waals surface area contributed by atoms with E-state index in [1.165, 1.54) is 17.1 Å². The van der Waals surface area contributed by atoms with Gasteiger partial charge in [0.05, 0.1) is 6.54 Å². The molecule has 0 saturated carbocycles. The van der Waals surface area contributed by atoms with Crippen molar-refractivity contribution in [3.05, 3.63) is 35.7 Å². The molecule has 2 aromatic rings. The van der Waals surface area contributed by atoms with Gasteiger partial charge in [-0.3, -0.25) is 0 Å². The van der Waals surface area contributed by atoms with E-state index < -0.39 is 0 Å². The lowest BCUT2D eigenvalue weighted by molar-refractivity contribution is 0.323. The molecule has 0 bridgehead atoms. The Hall–Kier alpha value is -1.62. The largest absolute Gasteiger partial charge is 0.491 e. The van der Waals surface area contributed by atoms with Gasteiger partial charge in [0.2, 0.25) is 5.13 Å². The second-order valence-corrected chi connectivity index (χ2v) is 6.42. The number of benzene rings is 1. The van der Waals surface area contributed by atoms with Crippen molar-refractivity contribution in [2.24, 2.45) is 0 Å². The number of ether oxygens (including phenoxy) is 1. The molecule has 1 N–H and O–H groups in total. The summed E-state index contributed by atoms with van der Waals surface area (Å²) < 4.78 is 10.0. The molecular weight excluding hydrogens is 270 g/mol. The zero-order valence-electron chi connectivity index (χ0n) is 12.4. The highest BCUT2D eigenvalue weighted by molar-refractivity contribution is 7.09. The van der Waals surface area contributed by atoms with Crippen molar-refractivity contribution in [2.75, 3.05) is 18.5 Å². The van der Waals surface area contributed by atoms with Crippen LogP contribution in [-0.2, 0) is 5.41 Å². The summed E-state index contributed by atoms with van der Waals surface area (Å²) in [6.45, 7) is 9.78. The van der Waals surface area contributed by atoms with Crippen LogP contribution < -0.4 is 10.1 Å². The van der Waals surface area contributed by atoms with Gasteiger partial charge in [0.1, 0.15) is 18.2 Å². The van der Waals surface area contributed by atoms with Gasteiger partial charge < -0.3 is 10.1 Å². The highest BCUT2D eigenvalue weighted by Gasteiger charge is 2.18. The van der Waals surface area contributed by atoms with Gasteiger partial charge in [-0.15, -0.1) is 0 Å². The Kier molecular flexibility index (Phi) is 4.60. The molecule has 0 spiro atoms. The van der Waals surface area contributed by atoms with Crippen LogP contribution in [0.1, 0.15) is 32.2 Å². The smallest absolute Gasteiger partial charge is 0.202 e. The monoisotopic (exact) mass is 291 g/mol. The van der Waals surface area contributed by atoms with Crippen LogP contribution in [0, 0.1) is 6.92 Å². The molecule has 0 saturated heterocycles. The summed E-state index contributed by atoms with van der Waals surface area (Å²) in [6.07, 6.45) is 0. The number of para-hydroxylation sites is 1. The fraction of sp³-hybridized carbons (Fsp3) is 0.467. The first kappa shape index (κ1) is 14.8. The molecule has 0 aliphatic rings. The molecule has 1 aromatic heterocycles. The van der Waals surface area contributed by atoms with Gasteiger partial charge in [-0.2, -0.15) is 4.37 Å². The van der Waals surface area contributed by atoms with Gasteiger partial charge in [0.25, 0.3) is 0 Å². The lowest BCUT2D eigenvalue weighted by Crippen LogP contribution is -2.16. The third kappa shape index (κ3) is 3.93. The maximum atomic E-state index is 5.89. The molecule has 5 heteroatoms. The van der Waals surface area contributed by atoms with Crippen LogP contribution in [0.25, 0.3) is 0 Å². The summed E-state index contributed by atoms with van der Waals surface area (Å²) in [6, 6.07) is 8.20. The van der Waals surface area contributed by atoms with Gasteiger partial charge in [0.15, 0.2) is 0 Å². The molecule has 0 unspecified atom stereocenters. The number of nitrogens with one attached hydrogen (secondary N) is 1. The van der Waals surface area contributed by atoms with Crippen molar-refractivity contribution in [2.45, 2.75) is 33.1 Å². The number of hydrogen-bond donors (Lipinski definition) is 1. The number of rotatable bonds is 5. The fourth-order valence-corrected chi connectivity index (χ4v) is 2.50. The van der Waals surface area contributed by atoms with Crippen LogP contribution >= 0.6 is 11.5 Å². The van der Waals surface area contributed by atoms with Crippen molar-refractivity contribution in [3.63, 3.8) is 0 Å². The molecule has 0 atom stereocenters. The standard InChI is InChI=1S/C15H21N3OS/c1-11-17-14(20-18-11)16-9-10-19-13-8-6-5-7-12(13)15(2,3)4/h5-8H,9-10H2,1-4H3,(H,16,17,18). The lowest BCUT2D eigenvalue weighted by atomic mass is 9.86. The van der Waals surface area contributed by atoms with Crippen LogP contribution in [0.2, 0.25) is 0 Å². The second-order valence-electron chi connectivity index (χ2n) is 5.67. The van der Waals surface area contributed by atoms with Crippen LogP contribution in [0.15, 0.2) is 24.3 Å². The van der Waals surface area contributed by atoms with E-state index in [0.717, 1.165) is 16.7 Å². The number of anilines is 1. The highest BCUT2D eigenvalue weighted by Crippen LogP contribution is 2.30. The van der Waals surface area contributed by atoms with Gasteiger partial charge in [0, 0.05) is 11.5 Å². The van der Waals surface area contributed by atoms with Crippen LogP contribution in [-0.4, -0.2) is 22.5 Å². The number of nitrogens with zero attached hydrogens (tertiary/aromatic N) is 2. The Balaban J connectivity index is 1.88. The predicted octanol–water partition coefficient (Wildman–Crippen LogP) is 3.63. The van der Waals surface area contributed by atoms with Crippen molar-refractivity contribution in [1.82, 2.24) is 9.36 Å². The van der Waals surface area contributed by atoms with Crippen molar-refractivity contribution >= 4 is 16.7 Å². The third-order valence-electron chi connectivity index (χ3n) is 2.86. The molecule has 0 fully saturated rings. The summed E-state index contributed by atoms with van der Waals surface area (Å²) in [4.78, 5) is 4.25. The van der Waals surface area contributed by atoms with E-state index in [0.29, 0.717) is 13.2 Å². The van der Waals surface area contributed by atoms with Crippen molar-refractivity contribution < 1.29 is 4.74 Å². The summed E-state index contributed by atoms with van der Waals surface area (Å²) in [5.41, 5.74) is 1.31. The summed E-state index contributed by atoms with van der Waals surface area (Å²) in [5, 5.41) is 4.06. The SMILES string of the molecule is Cc1nsc(NCCOc2ccccc2C(C)(C)C)n1. The Morgan fingerprint density at radius 2 is 2.00 bits per heavy atom. The normalized spacial score (nSPS) is 11.4. The molecule has 108 valence electrons. The second kappa shape index (κ2) is 6.22. The first-order valence-electron chi connectivity index (χ1n) is 6.73. The third-order valence-corrected chi connectivity index (χ3v) is 3.62. The van der Waals surface area contributed by atoms with E-state index in [4.69, 9.17) is 4.74 Å². The molecular formula is C15H21N3OS. The first-order valence-corrected chi connectivity index (χ1v) is 7.50. The average Bonchev–Trinajstić information content (AvgIpc) is 2.80. The average molecular weight is 291 g/mol. The van der Waals surface area contributed by atoms with E-state index in [9.17, 15) is 0 Å². The first-order chi connectivity index (χ1) is 9.47. The summed E-state index contributed by atoms with van der Waals surface area (Å²) >= 11 is 1.38. The van der Waals surface area contributed by atoms with Gasteiger partial charge in [-0.1, -0.05) is 39.0 Å². The molecule has 0 aliphatic carbocycles. The maximum absolute atomic E-state index is 5.89. The van der Waals surface area contributed by atoms with Crippen molar-refractivity contribution in [3.8, 4) is 5.75 Å². The summed E-state index contributed by atoms with van der Waals surface area (Å²) in [5.74, 6) is 1.76. The van der Waals surface area contributed by atoms with E-state index >= 15 is 0 Å². The van der Waals surface area contributed by atoms with Gasteiger partial charge >= 0.3 is 0 Å². The van der Waals surface area contributed by atoms with E-state index in [1.54, 1.807) is 0 Å². The molecule has 0 amide bonds. The van der Waals surface area contributed by atoms with Crippen LogP contribution in [0.4, 0.5) is 5.13 Å². The molecule has 0 radical (unpaired) electrons. The molecule has 20 heavy (non-hydrogen) atoms. The van der Waals surface area contributed by atoms with E-state index in [2.05, 4.69) is 47.6 Å². The van der Waals surface area contributed by atoms with Crippen molar-refractivity contribution in [1.29, 1.82) is 0 Å². The minimum atomic E-state index is 0.0837. The Bertz CT molecular complexity index is 560. The molecule has 1 aromatic carbocycles. The molecule has 2 rings (SSSR count). The topological polar surface area (TPSA) is 47.0 Å². The Labute approximate surface area is 124 Å². The van der Waals surface area contributed by atoms with E-state index in [-0.39, 0.29) is 5.41 Å². The lowest BCUT2D eigenvalue weighted by Gasteiger charge is -2.22. The highest BCUT2D eigenvalue weighted by atomic mass is 32.1. The summed E-state index contributed by atoms with van der Waals surface area (Å²) in [7, 11) is 0. The minimum Gasteiger partial charge on any atom is -0.491 e. The molecule has 1 heterocycles. The minimum absolute atomic E-state index is 0.0837. The number of hydrogen-bond acceptors (Lipinski definition) is 5. The predicted molar refractivity (Wildman–Crippen MR) is 83.8 cm³/mol. The molecule has 0 aliphatic heterocycles.